The number of nitrogens with one attached hydrogen (secondary N) is 2. The van der Waals surface area contributed by atoms with Crippen LogP contribution in [0.5, 0.6) is 0 Å². The van der Waals surface area contributed by atoms with E-state index in [4.69, 9.17) is 0 Å². The van der Waals surface area contributed by atoms with Crippen LogP contribution in [0.3, 0.4) is 0 Å². The summed E-state index contributed by atoms with van der Waals surface area (Å²) in [6, 6.07) is -0.279. The van der Waals surface area contributed by atoms with Crippen LogP contribution < -0.4 is 10.6 Å². The Bertz CT molecular complexity index is 385. The minimum atomic E-state index is -0.814. The summed E-state index contributed by atoms with van der Waals surface area (Å²) < 4.78 is 1.68. The molecule has 1 aromatic heterocycles. The number of aromatic nitrogens is 2. The fraction of sp³-hybridized carbons (Fsp3) is 0.667. The highest BCUT2D eigenvalue weighted by atomic mass is 16.3. The molecule has 0 aliphatic rings. The SMILES string of the molecule is CCC(O)(CC)CNC(=O)NCc1cnn(C)c1. The Kier molecular flexibility index (Phi) is 5.15. The number of nitrogens with zero attached hydrogens (tertiary/aromatic N) is 2. The molecule has 6 heteroatoms. The van der Waals surface area contributed by atoms with Gasteiger partial charge >= 0.3 is 6.03 Å². The van der Waals surface area contributed by atoms with Crippen LogP contribution in [-0.2, 0) is 13.6 Å². The molecule has 3 N–H and O–H groups in total. The van der Waals surface area contributed by atoms with Gasteiger partial charge in [0.15, 0.2) is 0 Å². The lowest BCUT2D eigenvalue weighted by atomic mass is 9.98. The first-order chi connectivity index (χ1) is 8.49. The maximum atomic E-state index is 11.5. The fourth-order valence-corrected chi connectivity index (χ4v) is 1.55. The van der Waals surface area contributed by atoms with Crippen LogP contribution in [0, 0.1) is 0 Å². The molecule has 0 saturated carbocycles. The molecule has 0 spiro atoms. The molecule has 0 radical (unpaired) electrons. The molecule has 0 aliphatic carbocycles. The minimum absolute atomic E-state index is 0.263. The van der Waals surface area contributed by atoms with E-state index >= 15 is 0 Å². The highest BCUT2D eigenvalue weighted by Crippen LogP contribution is 2.12. The Morgan fingerprint density at radius 1 is 1.44 bits per heavy atom. The van der Waals surface area contributed by atoms with Gasteiger partial charge in [-0.3, -0.25) is 4.68 Å². The third-order valence-corrected chi connectivity index (χ3v) is 3.11. The van der Waals surface area contributed by atoms with Crippen molar-refractivity contribution in [2.45, 2.75) is 38.8 Å². The van der Waals surface area contributed by atoms with E-state index in [-0.39, 0.29) is 12.6 Å². The van der Waals surface area contributed by atoms with Gasteiger partial charge in [0.2, 0.25) is 0 Å². The summed E-state index contributed by atoms with van der Waals surface area (Å²) in [4.78, 5) is 11.5. The van der Waals surface area contributed by atoms with Crippen molar-refractivity contribution in [1.29, 1.82) is 0 Å². The second-order valence-corrected chi connectivity index (χ2v) is 4.49. The van der Waals surface area contributed by atoms with Crippen molar-refractivity contribution in [1.82, 2.24) is 20.4 Å². The summed E-state index contributed by atoms with van der Waals surface area (Å²) in [6.45, 7) is 4.49. The van der Waals surface area contributed by atoms with Crippen molar-refractivity contribution in [3.8, 4) is 0 Å². The Morgan fingerprint density at radius 3 is 2.61 bits per heavy atom. The van der Waals surface area contributed by atoms with Gasteiger partial charge < -0.3 is 15.7 Å². The third-order valence-electron chi connectivity index (χ3n) is 3.11. The van der Waals surface area contributed by atoms with Crippen molar-refractivity contribution in [3.05, 3.63) is 18.0 Å². The van der Waals surface area contributed by atoms with Crippen LogP contribution in [0.2, 0.25) is 0 Å². The van der Waals surface area contributed by atoms with E-state index in [2.05, 4.69) is 15.7 Å². The largest absolute Gasteiger partial charge is 0.388 e. The van der Waals surface area contributed by atoms with Crippen LogP contribution >= 0.6 is 0 Å². The van der Waals surface area contributed by atoms with Gasteiger partial charge in [0, 0.05) is 31.9 Å². The lowest BCUT2D eigenvalue weighted by Crippen LogP contribution is -2.45. The predicted octanol–water partition coefficient (Wildman–Crippen LogP) is 0.770. The van der Waals surface area contributed by atoms with E-state index in [0.717, 1.165) is 5.56 Å². The lowest BCUT2D eigenvalue weighted by Gasteiger charge is -2.25. The molecule has 0 aromatic carbocycles. The number of hydrogen-bond acceptors (Lipinski definition) is 3. The van der Waals surface area contributed by atoms with Crippen molar-refractivity contribution in [2.75, 3.05) is 6.54 Å². The molecule has 0 aliphatic heterocycles. The average Bonchev–Trinajstić information content (AvgIpc) is 2.79. The van der Waals surface area contributed by atoms with Gasteiger partial charge in [-0.2, -0.15) is 5.10 Å². The monoisotopic (exact) mass is 254 g/mol. The predicted molar refractivity (Wildman–Crippen MR) is 69.0 cm³/mol. The first-order valence-corrected chi connectivity index (χ1v) is 6.20. The Morgan fingerprint density at radius 2 is 2.11 bits per heavy atom. The number of carbonyl (C=O) groups is 1. The molecule has 0 bridgehead atoms. The highest BCUT2D eigenvalue weighted by Gasteiger charge is 2.22. The van der Waals surface area contributed by atoms with Crippen molar-refractivity contribution < 1.29 is 9.90 Å². The van der Waals surface area contributed by atoms with E-state index < -0.39 is 5.60 Å². The smallest absolute Gasteiger partial charge is 0.315 e. The topological polar surface area (TPSA) is 79.2 Å². The summed E-state index contributed by atoms with van der Waals surface area (Å²) >= 11 is 0. The summed E-state index contributed by atoms with van der Waals surface area (Å²) in [5.74, 6) is 0. The van der Waals surface area contributed by atoms with Gasteiger partial charge in [-0.1, -0.05) is 13.8 Å². The first-order valence-electron chi connectivity index (χ1n) is 6.20. The zero-order valence-electron chi connectivity index (χ0n) is 11.2. The molecular formula is C12H22N4O2. The number of aliphatic hydroxyl groups is 1. The van der Waals surface area contributed by atoms with Gasteiger partial charge in [0.05, 0.1) is 11.8 Å². The molecule has 0 saturated heterocycles. The number of carbonyl (C=O) groups excluding carboxylic acids is 1. The van der Waals surface area contributed by atoms with E-state index in [1.54, 1.807) is 10.9 Å². The third kappa shape index (κ3) is 4.37. The first kappa shape index (κ1) is 14.5. The van der Waals surface area contributed by atoms with Crippen LogP contribution in [-0.4, -0.2) is 33.1 Å². The standard InChI is InChI=1S/C12H22N4O2/c1-4-12(18,5-2)9-14-11(17)13-6-10-7-15-16(3)8-10/h7-8,18H,4-6,9H2,1-3H3,(H2,13,14,17). The molecule has 1 heterocycles. The van der Waals surface area contributed by atoms with Gasteiger partial charge in [0.25, 0.3) is 0 Å². The number of aryl methyl sites for hydroxylation is 1. The molecule has 1 rings (SSSR count). The summed E-state index contributed by atoms with van der Waals surface area (Å²) in [5.41, 5.74) is 0.125. The second kappa shape index (κ2) is 6.39. The van der Waals surface area contributed by atoms with Crippen LogP contribution in [0.1, 0.15) is 32.3 Å². The maximum Gasteiger partial charge on any atom is 0.315 e. The van der Waals surface area contributed by atoms with Crippen LogP contribution in [0.25, 0.3) is 0 Å². The van der Waals surface area contributed by atoms with E-state index in [0.29, 0.717) is 19.4 Å². The normalized spacial score (nSPS) is 11.3. The van der Waals surface area contributed by atoms with Crippen molar-refractivity contribution in [3.63, 3.8) is 0 Å². The Balaban J connectivity index is 2.30. The number of rotatable bonds is 6. The molecule has 1 aromatic rings. The van der Waals surface area contributed by atoms with Crippen LogP contribution in [0.4, 0.5) is 4.79 Å². The molecule has 0 fully saturated rings. The fourth-order valence-electron chi connectivity index (χ4n) is 1.55. The molecule has 2 amide bonds. The van der Waals surface area contributed by atoms with E-state index in [1.165, 1.54) is 0 Å². The summed E-state index contributed by atoms with van der Waals surface area (Å²) in [7, 11) is 1.83. The van der Waals surface area contributed by atoms with E-state index in [1.807, 2.05) is 27.1 Å². The second-order valence-electron chi connectivity index (χ2n) is 4.49. The lowest BCUT2D eigenvalue weighted by molar-refractivity contribution is 0.0349. The van der Waals surface area contributed by atoms with Gasteiger partial charge in [-0.15, -0.1) is 0 Å². The van der Waals surface area contributed by atoms with Gasteiger partial charge in [-0.25, -0.2) is 4.79 Å². The summed E-state index contributed by atoms with van der Waals surface area (Å²) in [6.07, 6.45) is 4.78. The van der Waals surface area contributed by atoms with Crippen LogP contribution in [0.15, 0.2) is 12.4 Å². The number of urea groups is 1. The molecule has 102 valence electrons. The molecule has 0 unspecified atom stereocenters. The number of amides is 2. The van der Waals surface area contributed by atoms with Gasteiger partial charge in [-0.05, 0) is 12.8 Å². The van der Waals surface area contributed by atoms with Crippen molar-refractivity contribution >= 4 is 6.03 Å². The Hall–Kier alpha value is -1.56. The maximum absolute atomic E-state index is 11.5. The van der Waals surface area contributed by atoms with E-state index in [9.17, 15) is 9.90 Å². The molecular weight excluding hydrogens is 232 g/mol. The molecule has 6 nitrogen and oxygen atoms in total. The van der Waals surface area contributed by atoms with Gasteiger partial charge in [0.1, 0.15) is 0 Å². The highest BCUT2D eigenvalue weighted by molar-refractivity contribution is 5.73. The average molecular weight is 254 g/mol. The number of hydrogen-bond donors (Lipinski definition) is 3. The summed E-state index contributed by atoms with van der Waals surface area (Å²) in [5, 5.41) is 19.4. The molecule has 18 heavy (non-hydrogen) atoms. The zero-order valence-corrected chi connectivity index (χ0v) is 11.2. The molecule has 0 atom stereocenters. The minimum Gasteiger partial charge on any atom is -0.388 e. The Labute approximate surface area is 107 Å². The zero-order chi connectivity index (χ0) is 13.6. The quantitative estimate of drug-likeness (QED) is 0.701. The van der Waals surface area contributed by atoms with Crippen molar-refractivity contribution in [2.24, 2.45) is 7.05 Å².